The van der Waals surface area contributed by atoms with E-state index in [4.69, 9.17) is 0 Å². The normalized spacial score (nSPS) is 11.9. The van der Waals surface area contributed by atoms with Gasteiger partial charge in [-0.25, -0.2) is 14.6 Å². The van der Waals surface area contributed by atoms with Crippen LogP contribution in [0.3, 0.4) is 0 Å². The molecule has 1 heterocycles. The van der Waals surface area contributed by atoms with Gasteiger partial charge in [0.25, 0.3) is 0 Å². The van der Waals surface area contributed by atoms with E-state index in [1.165, 1.54) is 23.8 Å². The van der Waals surface area contributed by atoms with E-state index in [0.717, 1.165) is 40.3 Å². The lowest BCUT2D eigenvalue weighted by molar-refractivity contribution is -0.114. The fraction of sp³-hybridized carbons (Fsp3) is 0.556. The quantitative estimate of drug-likeness (QED) is 0.282. The number of anilines is 1. The van der Waals surface area contributed by atoms with Gasteiger partial charge >= 0.3 is 12.2 Å². The molecule has 0 radical (unpaired) electrons. The first-order valence-corrected chi connectivity index (χ1v) is 13.6. The lowest BCUT2D eigenvalue weighted by atomic mass is 10.0. The van der Waals surface area contributed by atoms with Crippen molar-refractivity contribution < 1.29 is 24.6 Å². The van der Waals surface area contributed by atoms with Crippen molar-refractivity contribution in [2.45, 2.75) is 91.5 Å². The Morgan fingerprint density at radius 3 is 1.84 bits per heavy atom. The van der Waals surface area contributed by atoms with Gasteiger partial charge in [-0.05, 0) is 78.4 Å². The number of thiazole rings is 1. The molecular weight excluding hydrogens is 506 g/mol. The number of amides is 3. The number of carboxylic acid groups (broad SMARTS) is 2. The molecule has 0 fully saturated rings. The van der Waals surface area contributed by atoms with E-state index in [0.29, 0.717) is 18.1 Å². The van der Waals surface area contributed by atoms with E-state index in [-0.39, 0.29) is 5.91 Å². The van der Waals surface area contributed by atoms with Crippen LogP contribution < -0.4 is 10.6 Å². The van der Waals surface area contributed by atoms with Crippen molar-refractivity contribution in [2.75, 3.05) is 11.9 Å². The summed E-state index contributed by atoms with van der Waals surface area (Å²) < 4.78 is 0. The van der Waals surface area contributed by atoms with Crippen molar-refractivity contribution in [3.8, 4) is 0 Å². The molecule has 210 valence electrons. The second-order valence-electron chi connectivity index (χ2n) is 11.2. The number of benzene rings is 1. The lowest BCUT2D eigenvalue weighted by Gasteiger charge is -2.48. The molecular formula is C27H41N5O5S. The van der Waals surface area contributed by atoms with Crippen molar-refractivity contribution in [1.82, 2.24) is 20.1 Å². The molecule has 0 unspecified atom stereocenters. The van der Waals surface area contributed by atoms with Crippen LogP contribution in [0.5, 0.6) is 0 Å². The summed E-state index contributed by atoms with van der Waals surface area (Å²) in [7, 11) is 0. The summed E-state index contributed by atoms with van der Waals surface area (Å²) in [5.41, 5.74) is 1.58. The van der Waals surface area contributed by atoms with E-state index < -0.39 is 29.6 Å². The average molecular weight is 548 g/mol. The first kappa shape index (κ1) is 31.0. The molecule has 4 N–H and O–H groups in total. The maximum atomic E-state index is 12.2. The van der Waals surface area contributed by atoms with Crippen LogP contribution in [0.25, 0.3) is 0 Å². The van der Waals surface area contributed by atoms with Crippen LogP contribution in [0.1, 0.15) is 71.7 Å². The summed E-state index contributed by atoms with van der Waals surface area (Å²) in [4.78, 5) is 42.2. The summed E-state index contributed by atoms with van der Waals surface area (Å²) in [5, 5.41) is 28.4. The predicted octanol–water partition coefficient (Wildman–Crippen LogP) is 5.25. The Kier molecular flexibility index (Phi) is 10.7. The second kappa shape index (κ2) is 13.1. The summed E-state index contributed by atoms with van der Waals surface area (Å²) in [5.74, 6) is -0.126. The van der Waals surface area contributed by atoms with Crippen LogP contribution in [-0.2, 0) is 24.1 Å². The molecule has 1 aromatic carbocycles. The minimum absolute atomic E-state index is 0.126. The SMILES string of the molecule is CC(=O)Nc1nc(CCCc2ccc(CCNC(N(C(=O)O)C(C)(C)C)N(C(=O)O)C(C)(C)C)cc2)cs1. The van der Waals surface area contributed by atoms with Gasteiger partial charge in [-0.2, -0.15) is 0 Å². The number of aryl methyl sites for hydroxylation is 2. The van der Waals surface area contributed by atoms with Gasteiger partial charge in [-0.3, -0.25) is 19.9 Å². The highest BCUT2D eigenvalue weighted by molar-refractivity contribution is 7.13. The molecule has 2 aromatic rings. The molecule has 0 aliphatic carbocycles. The Labute approximate surface area is 229 Å². The van der Waals surface area contributed by atoms with Gasteiger partial charge in [-0.1, -0.05) is 24.3 Å². The molecule has 11 heteroatoms. The number of nitrogens with one attached hydrogen (secondary N) is 2. The Balaban J connectivity index is 1.99. The maximum absolute atomic E-state index is 12.2. The molecule has 10 nitrogen and oxygen atoms in total. The molecule has 0 spiro atoms. The summed E-state index contributed by atoms with van der Waals surface area (Å²) in [6.07, 6.45) is -0.187. The van der Waals surface area contributed by atoms with Gasteiger partial charge in [0.05, 0.1) is 5.69 Å². The molecule has 38 heavy (non-hydrogen) atoms. The van der Waals surface area contributed by atoms with Crippen molar-refractivity contribution in [2.24, 2.45) is 0 Å². The van der Waals surface area contributed by atoms with Crippen molar-refractivity contribution in [3.05, 3.63) is 46.5 Å². The molecule has 3 amide bonds. The Morgan fingerprint density at radius 2 is 1.39 bits per heavy atom. The second-order valence-corrected chi connectivity index (χ2v) is 12.1. The van der Waals surface area contributed by atoms with Crippen LogP contribution in [0.2, 0.25) is 0 Å². The zero-order valence-electron chi connectivity index (χ0n) is 23.4. The van der Waals surface area contributed by atoms with Crippen molar-refractivity contribution >= 4 is 34.6 Å². The van der Waals surface area contributed by atoms with Crippen molar-refractivity contribution in [3.63, 3.8) is 0 Å². The zero-order valence-corrected chi connectivity index (χ0v) is 24.2. The molecule has 0 aliphatic heterocycles. The van der Waals surface area contributed by atoms with E-state index >= 15 is 0 Å². The number of carbonyl (C=O) groups is 3. The highest BCUT2D eigenvalue weighted by Crippen LogP contribution is 2.25. The topological polar surface area (TPSA) is 135 Å². The van der Waals surface area contributed by atoms with Gasteiger partial charge in [0.1, 0.15) is 0 Å². The van der Waals surface area contributed by atoms with Gasteiger partial charge in [0, 0.05) is 29.9 Å². The fourth-order valence-corrected chi connectivity index (χ4v) is 4.93. The van der Waals surface area contributed by atoms with E-state index in [9.17, 15) is 24.6 Å². The monoisotopic (exact) mass is 547 g/mol. The smallest absolute Gasteiger partial charge is 0.410 e. The third kappa shape index (κ3) is 9.29. The fourth-order valence-electron chi connectivity index (χ4n) is 4.14. The first-order valence-electron chi connectivity index (χ1n) is 12.7. The minimum atomic E-state index is -1.20. The maximum Gasteiger partial charge on any atom is 0.410 e. The van der Waals surface area contributed by atoms with Crippen LogP contribution in [0.4, 0.5) is 14.7 Å². The summed E-state index contributed by atoms with van der Waals surface area (Å²) >= 11 is 1.42. The molecule has 0 bridgehead atoms. The van der Waals surface area contributed by atoms with Gasteiger partial charge in [-0.15, -0.1) is 11.3 Å². The molecule has 0 saturated heterocycles. The minimum Gasteiger partial charge on any atom is -0.465 e. The largest absolute Gasteiger partial charge is 0.465 e. The van der Waals surface area contributed by atoms with Crippen LogP contribution >= 0.6 is 11.3 Å². The average Bonchev–Trinajstić information content (AvgIpc) is 3.18. The number of rotatable bonds is 11. The number of carbonyl (C=O) groups excluding carboxylic acids is 1. The Morgan fingerprint density at radius 1 is 0.895 bits per heavy atom. The van der Waals surface area contributed by atoms with E-state index in [2.05, 4.69) is 27.8 Å². The van der Waals surface area contributed by atoms with Crippen LogP contribution in [-0.4, -0.2) is 67.0 Å². The summed E-state index contributed by atoms with van der Waals surface area (Å²) in [6, 6.07) is 8.24. The van der Waals surface area contributed by atoms with E-state index in [1.807, 2.05) is 17.5 Å². The molecule has 0 atom stereocenters. The highest BCUT2D eigenvalue weighted by Gasteiger charge is 2.42. The van der Waals surface area contributed by atoms with Gasteiger partial charge < -0.3 is 15.5 Å². The van der Waals surface area contributed by atoms with Crippen LogP contribution in [0, 0.1) is 0 Å². The van der Waals surface area contributed by atoms with Gasteiger partial charge in [0.15, 0.2) is 11.4 Å². The number of aromatic nitrogens is 1. The standard InChI is InChI=1S/C27H41N5O5S/c1-18(33)29-22-30-21(17-38-22)10-8-9-19-11-13-20(14-12-19)15-16-28-23(31(24(34)35)26(2,3)4)32(25(36)37)27(5,6)7/h11-14,17,23,28H,8-10,15-16H2,1-7H3,(H,34,35)(H,36,37)(H,29,30,33). The third-order valence-corrected chi connectivity index (χ3v) is 6.65. The zero-order chi connectivity index (χ0) is 28.7. The molecule has 1 aromatic heterocycles. The Hall–Kier alpha value is -3.18. The summed E-state index contributed by atoms with van der Waals surface area (Å²) in [6.45, 7) is 12.3. The number of hydrogen-bond acceptors (Lipinski definition) is 6. The first-order chi connectivity index (χ1) is 17.6. The van der Waals surface area contributed by atoms with Gasteiger partial charge in [0.2, 0.25) is 5.91 Å². The Bertz CT molecular complexity index is 1060. The number of nitrogens with zero attached hydrogens (tertiary/aromatic N) is 3. The molecule has 0 aliphatic rings. The van der Waals surface area contributed by atoms with Crippen LogP contribution in [0.15, 0.2) is 29.6 Å². The lowest BCUT2D eigenvalue weighted by Crippen LogP contribution is -2.68. The molecule has 0 saturated carbocycles. The third-order valence-electron chi connectivity index (χ3n) is 5.84. The highest BCUT2D eigenvalue weighted by atomic mass is 32.1. The van der Waals surface area contributed by atoms with Crippen molar-refractivity contribution in [1.29, 1.82) is 0 Å². The predicted molar refractivity (Wildman–Crippen MR) is 150 cm³/mol. The van der Waals surface area contributed by atoms with E-state index in [1.54, 1.807) is 41.5 Å². The molecule has 2 rings (SSSR count). The number of hydrogen-bond donors (Lipinski definition) is 4.